The first-order chi connectivity index (χ1) is 12.1. The van der Waals surface area contributed by atoms with Crippen LogP contribution in [0.25, 0.3) is 0 Å². The fourth-order valence-electron chi connectivity index (χ4n) is 1.99. The number of anilines is 2. The van der Waals surface area contributed by atoms with Crippen LogP contribution in [0, 0.1) is 0 Å². The fourth-order valence-corrected chi connectivity index (χ4v) is 1.99. The van der Waals surface area contributed by atoms with Crippen molar-refractivity contribution in [3.8, 4) is 0 Å². The molecule has 7 nitrogen and oxygen atoms in total. The van der Waals surface area contributed by atoms with Crippen LogP contribution in [-0.4, -0.2) is 38.4 Å². The van der Waals surface area contributed by atoms with Crippen LogP contribution in [-0.2, 0) is 14.2 Å². The molecule has 4 N–H and O–H groups in total. The predicted octanol–water partition coefficient (Wildman–Crippen LogP) is 1.88. The predicted molar refractivity (Wildman–Crippen MR) is 93.1 cm³/mol. The quantitative estimate of drug-likeness (QED) is 0.427. The van der Waals surface area contributed by atoms with Gasteiger partial charge in [0, 0.05) is 11.4 Å². The molecule has 2 aromatic carbocycles. The van der Waals surface area contributed by atoms with Gasteiger partial charge in [0.1, 0.15) is 13.2 Å². The molecule has 7 heteroatoms. The summed E-state index contributed by atoms with van der Waals surface area (Å²) in [6.07, 6.45) is 0. The maximum Gasteiger partial charge on any atom is 0.338 e. The van der Waals surface area contributed by atoms with Gasteiger partial charge in [-0.2, -0.15) is 0 Å². The highest BCUT2D eigenvalue weighted by Crippen LogP contribution is 2.08. The van der Waals surface area contributed by atoms with Gasteiger partial charge in [0.25, 0.3) is 0 Å². The molecule has 0 aliphatic rings. The van der Waals surface area contributed by atoms with Crippen molar-refractivity contribution in [1.29, 1.82) is 0 Å². The summed E-state index contributed by atoms with van der Waals surface area (Å²) in [7, 11) is 0. The second-order valence-corrected chi connectivity index (χ2v) is 5.14. The van der Waals surface area contributed by atoms with Crippen molar-refractivity contribution in [2.75, 3.05) is 37.9 Å². The number of carbonyl (C=O) groups is 2. The third-order valence-corrected chi connectivity index (χ3v) is 3.17. The van der Waals surface area contributed by atoms with E-state index in [0.29, 0.717) is 22.5 Å². The van der Waals surface area contributed by atoms with E-state index in [2.05, 4.69) is 0 Å². The molecule has 0 fully saturated rings. The molecule has 0 heterocycles. The number of hydrogen-bond acceptors (Lipinski definition) is 7. The van der Waals surface area contributed by atoms with Crippen molar-refractivity contribution >= 4 is 23.3 Å². The average molecular weight is 344 g/mol. The Morgan fingerprint density at radius 3 is 1.56 bits per heavy atom. The number of hydrogen-bond donors (Lipinski definition) is 2. The molecule has 25 heavy (non-hydrogen) atoms. The number of ether oxygens (including phenoxy) is 3. The molecule has 0 aromatic heterocycles. The first kappa shape index (κ1) is 18.3. The molecule has 0 radical (unpaired) electrons. The summed E-state index contributed by atoms with van der Waals surface area (Å²) >= 11 is 0. The first-order valence-corrected chi connectivity index (χ1v) is 7.69. The van der Waals surface area contributed by atoms with E-state index in [9.17, 15) is 9.59 Å². The molecule has 0 bridgehead atoms. The standard InChI is InChI=1S/C18H20N2O5/c19-15-5-1-3-13(11-15)17(21)24-9-7-23-8-10-25-18(22)14-4-2-6-16(20)12-14/h1-6,11-12H,7-10,19-20H2. The minimum atomic E-state index is -0.469. The van der Waals surface area contributed by atoms with Crippen molar-refractivity contribution in [2.45, 2.75) is 0 Å². The Balaban J connectivity index is 1.58. The van der Waals surface area contributed by atoms with E-state index >= 15 is 0 Å². The Morgan fingerprint density at radius 2 is 1.16 bits per heavy atom. The lowest BCUT2D eigenvalue weighted by molar-refractivity contribution is 0.0151. The number of esters is 2. The van der Waals surface area contributed by atoms with Crippen LogP contribution in [0.1, 0.15) is 20.7 Å². The Hall–Kier alpha value is -3.06. The SMILES string of the molecule is Nc1cccc(C(=O)OCCOCCOC(=O)c2cccc(N)c2)c1. The lowest BCUT2D eigenvalue weighted by atomic mass is 10.2. The zero-order valence-corrected chi connectivity index (χ0v) is 13.6. The van der Waals surface area contributed by atoms with Crippen LogP contribution in [0.4, 0.5) is 11.4 Å². The van der Waals surface area contributed by atoms with Crippen molar-refractivity contribution in [3.63, 3.8) is 0 Å². The van der Waals surface area contributed by atoms with Gasteiger partial charge < -0.3 is 25.7 Å². The van der Waals surface area contributed by atoms with E-state index in [-0.39, 0.29) is 26.4 Å². The normalized spacial score (nSPS) is 10.2. The van der Waals surface area contributed by atoms with Gasteiger partial charge in [-0.3, -0.25) is 0 Å². The molecule has 0 aliphatic heterocycles. The van der Waals surface area contributed by atoms with Crippen LogP contribution in [0.2, 0.25) is 0 Å². The van der Waals surface area contributed by atoms with E-state index in [1.54, 1.807) is 48.5 Å². The van der Waals surface area contributed by atoms with Gasteiger partial charge in [-0.05, 0) is 36.4 Å². The largest absolute Gasteiger partial charge is 0.460 e. The summed E-state index contributed by atoms with van der Waals surface area (Å²) in [6, 6.07) is 13.0. The van der Waals surface area contributed by atoms with Crippen LogP contribution >= 0.6 is 0 Å². The second-order valence-electron chi connectivity index (χ2n) is 5.14. The number of nitrogen functional groups attached to an aromatic ring is 2. The number of benzene rings is 2. The molecule has 2 aromatic rings. The lowest BCUT2D eigenvalue weighted by Gasteiger charge is -2.08. The molecular formula is C18H20N2O5. The van der Waals surface area contributed by atoms with E-state index in [1.807, 2.05) is 0 Å². The fraction of sp³-hybridized carbons (Fsp3) is 0.222. The van der Waals surface area contributed by atoms with Crippen LogP contribution in [0.5, 0.6) is 0 Å². The first-order valence-electron chi connectivity index (χ1n) is 7.69. The molecule has 2 rings (SSSR count). The summed E-state index contributed by atoms with van der Waals surface area (Å²) in [5, 5.41) is 0. The van der Waals surface area contributed by atoms with Gasteiger partial charge in [-0.15, -0.1) is 0 Å². The minimum absolute atomic E-state index is 0.0940. The number of rotatable bonds is 8. The summed E-state index contributed by atoms with van der Waals surface area (Å²) < 4.78 is 15.4. The van der Waals surface area contributed by atoms with Crippen LogP contribution in [0.15, 0.2) is 48.5 Å². The van der Waals surface area contributed by atoms with Gasteiger partial charge in [0.15, 0.2) is 0 Å². The highest BCUT2D eigenvalue weighted by Gasteiger charge is 2.08. The van der Waals surface area contributed by atoms with Gasteiger partial charge in [0.2, 0.25) is 0 Å². The van der Waals surface area contributed by atoms with E-state index in [1.165, 1.54) is 0 Å². The average Bonchev–Trinajstić information content (AvgIpc) is 2.60. The Labute approximate surface area is 145 Å². The molecule has 0 aliphatic carbocycles. The number of carbonyl (C=O) groups excluding carboxylic acids is 2. The summed E-state index contributed by atoms with van der Waals surface area (Å²) in [4.78, 5) is 23.5. The topological polar surface area (TPSA) is 114 Å². The second kappa shape index (κ2) is 9.29. The van der Waals surface area contributed by atoms with Gasteiger partial charge in [-0.1, -0.05) is 12.1 Å². The summed E-state index contributed by atoms with van der Waals surface area (Å²) in [5.41, 5.74) is 13.0. The van der Waals surface area contributed by atoms with Crippen LogP contribution < -0.4 is 11.5 Å². The van der Waals surface area contributed by atoms with E-state index in [0.717, 1.165) is 0 Å². The molecule has 0 spiro atoms. The van der Waals surface area contributed by atoms with Gasteiger partial charge in [0.05, 0.1) is 24.3 Å². The van der Waals surface area contributed by atoms with Crippen molar-refractivity contribution in [3.05, 3.63) is 59.7 Å². The van der Waals surface area contributed by atoms with Crippen molar-refractivity contribution in [2.24, 2.45) is 0 Å². The van der Waals surface area contributed by atoms with E-state index in [4.69, 9.17) is 25.7 Å². The summed E-state index contributed by atoms with van der Waals surface area (Å²) in [5.74, 6) is -0.937. The Bertz CT molecular complexity index is 671. The minimum Gasteiger partial charge on any atom is -0.460 e. The molecule has 0 amide bonds. The smallest absolute Gasteiger partial charge is 0.338 e. The number of nitrogens with two attached hydrogens (primary N) is 2. The lowest BCUT2D eigenvalue weighted by Crippen LogP contribution is -2.15. The molecule has 132 valence electrons. The Kier molecular flexibility index (Phi) is 6.79. The zero-order chi connectivity index (χ0) is 18.1. The summed E-state index contributed by atoms with van der Waals surface area (Å²) in [6.45, 7) is 0.585. The van der Waals surface area contributed by atoms with E-state index < -0.39 is 11.9 Å². The monoisotopic (exact) mass is 344 g/mol. The highest BCUT2D eigenvalue weighted by molar-refractivity contribution is 5.90. The molecule has 0 saturated carbocycles. The van der Waals surface area contributed by atoms with Crippen molar-refractivity contribution < 1.29 is 23.8 Å². The van der Waals surface area contributed by atoms with Gasteiger partial charge >= 0.3 is 11.9 Å². The third kappa shape index (κ3) is 6.15. The molecule has 0 unspecified atom stereocenters. The maximum atomic E-state index is 11.7. The maximum absolute atomic E-state index is 11.7. The molecule has 0 saturated heterocycles. The van der Waals surface area contributed by atoms with Crippen LogP contribution in [0.3, 0.4) is 0 Å². The zero-order valence-electron chi connectivity index (χ0n) is 13.6. The molecule has 0 atom stereocenters. The van der Waals surface area contributed by atoms with Crippen molar-refractivity contribution in [1.82, 2.24) is 0 Å². The molecular weight excluding hydrogens is 324 g/mol. The Morgan fingerprint density at radius 1 is 0.720 bits per heavy atom. The third-order valence-electron chi connectivity index (χ3n) is 3.17. The highest BCUT2D eigenvalue weighted by atomic mass is 16.6. The van der Waals surface area contributed by atoms with Gasteiger partial charge in [-0.25, -0.2) is 9.59 Å².